The Morgan fingerprint density at radius 2 is 1.96 bits per heavy atom. The van der Waals surface area contributed by atoms with Crippen molar-refractivity contribution in [3.63, 3.8) is 0 Å². The first-order valence-corrected chi connectivity index (χ1v) is 8.76. The first-order chi connectivity index (χ1) is 11.9. The fourth-order valence-corrected chi connectivity index (χ4v) is 2.78. The maximum atomic E-state index is 12.3. The van der Waals surface area contributed by atoms with Crippen molar-refractivity contribution in [3.8, 4) is 0 Å². The monoisotopic (exact) mass is 348 g/mol. The summed E-state index contributed by atoms with van der Waals surface area (Å²) in [7, 11) is 0. The van der Waals surface area contributed by atoms with Crippen LogP contribution in [0.1, 0.15) is 73.4 Å². The van der Waals surface area contributed by atoms with Crippen molar-refractivity contribution in [2.75, 3.05) is 6.61 Å². The van der Waals surface area contributed by atoms with Gasteiger partial charge in [-0.15, -0.1) is 0 Å². The second-order valence-corrected chi connectivity index (χ2v) is 6.37. The van der Waals surface area contributed by atoms with Gasteiger partial charge in [0.2, 0.25) is 0 Å². The third-order valence-electron chi connectivity index (χ3n) is 4.19. The quantitative estimate of drug-likeness (QED) is 0.324. The molecule has 1 aromatic rings. The molecule has 0 radical (unpaired) electrons. The van der Waals surface area contributed by atoms with Crippen molar-refractivity contribution in [1.82, 2.24) is 0 Å². The Balaban J connectivity index is 3.09. The van der Waals surface area contributed by atoms with Gasteiger partial charge in [0.1, 0.15) is 0 Å². The van der Waals surface area contributed by atoms with Gasteiger partial charge in [-0.2, -0.15) is 0 Å². The van der Waals surface area contributed by atoms with Crippen LogP contribution >= 0.6 is 0 Å². The van der Waals surface area contributed by atoms with Gasteiger partial charge in [-0.25, -0.2) is 4.79 Å². The highest BCUT2D eigenvalue weighted by Gasteiger charge is 2.16. The maximum absolute atomic E-state index is 12.3. The van der Waals surface area contributed by atoms with E-state index in [0.717, 1.165) is 30.9 Å². The van der Waals surface area contributed by atoms with Gasteiger partial charge in [-0.05, 0) is 42.0 Å². The molecule has 0 aliphatic carbocycles. The molecule has 0 aliphatic rings. The summed E-state index contributed by atoms with van der Waals surface area (Å²) < 4.78 is 0. The molecule has 5 heteroatoms. The molecule has 0 fully saturated rings. The van der Waals surface area contributed by atoms with Crippen molar-refractivity contribution in [1.29, 1.82) is 0 Å². The molecule has 0 heterocycles. The number of carboxylic acids is 1. The van der Waals surface area contributed by atoms with Crippen LogP contribution in [0.5, 0.6) is 0 Å². The van der Waals surface area contributed by atoms with Crippen molar-refractivity contribution in [2.45, 2.75) is 58.0 Å². The average molecular weight is 348 g/mol. The number of hydrogen-bond acceptors (Lipinski definition) is 4. The van der Waals surface area contributed by atoms with E-state index >= 15 is 0 Å². The third-order valence-corrected chi connectivity index (χ3v) is 4.19. The second kappa shape index (κ2) is 10.8. The number of carboxylic acid groups (broad SMARTS) is 1. The predicted octanol–water partition coefficient (Wildman–Crippen LogP) is 3.39. The zero-order chi connectivity index (χ0) is 18.8. The standard InChI is InChI=1S/C20H28O5/c1-3-4-5-6-19(23)16-8-7-15(9-10-20(24)25)18(12-16)14(2)11-17(22)13-21/h7-10,12,14,17,21-22H,3-6,11,13H2,1-2H3,(H,24,25). The van der Waals surface area contributed by atoms with E-state index in [-0.39, 0.29) is 18.3 Å². The van der Waals surface area contributed by atoms with Gasteiger partial charge in [0.15, 0.2) is 5.78 Å². The Labute approximate surface area is 149 Å². The third kappa shape index (κ3) is 7.20. The summed E-state index contributed by atoms with van der Waals surface area (Å²) in [5.74, 6) is -1.11. The molecule has 0 saturated heterocycles. The molecule has 3 N–H and O–H groups in total. The van der Waals surface area contributed by atoms with Gasteiger partial charge in [-0.3, -0.25) is 4.79 Å². The fraction of sp³-hybridized carbons (Fsp3) is 0.500. The molecule has 2 unspecified atom stereocenters. The molecule has 0 amide bonds. The number of carbonyl (C=O) groups is 2. The van der Waals surface area contributed by atoms with Crippen LogP contribution in [-0.2, 0) is 4.79 Å². The first kappa shape index (κ1) is 21.1. The highest BCUT2D eigenvalue weighted by Crippen LogP contribution is 2.27. The van der Waals surface area contributed by atoms with E-state index in [1.807, 2.05) is 6.92 Å². The van der Waals surface area contributed by atoms with Crippen LogP contribution < -0.4 is 0 Å². The first-order valence-electron chi connectivity index (χ1n) is 8.76. The van der Waals surface area contributed by atoms with Gasteiger partial charge in [0, 0.05) is 18.1 Å². The number of unbranched alkanes of at least 4 members (excludes halogenated alkanes) is 2. The van der Waals surface area contributed by atoms with Crippen molar-refractivity contribution in [3.05, 3.63) is 41.0 Å². The molecular formula is C20H28O5. The molecule has 0 bridgehead atoms. The Kier molecular flexibility index (Phi) is 9.10. The molecule has 2 atom stereocenters. The SMILES string of the molecule is CCCCCC(=O)c1ccc(C=CC(=O)O)c(C(C)CC(O)CO)c1. The molecule has 1 aromatic carbocycles. The van der Waals surface area contributed by atoms with E-state index in [9.17, 15) is 14.7 Å². The maximum Gasteiger partial charge on any atom is 0.328 e. The van der Waals surface area contributed by atoms with Gasteiger partial charge in [-0.1, -0.05) is 38.8 Å². The summed E-state index contributed by atoms with van der Waals surface area (Å²) in [5.41, 5.74) is 2.10. The number of aliphatic carboxylic acids is 1. The predicted molar refractivity (Wildman–Crippen MR) is 97.7 cm³/mol. The van der Waals surface area contributed by atoms with E-state index in [1.165, 1.54) is 6.08 Å². The number of Topliss-reactive ketones (excluding diaryl/α,β-unsaturated/α-hetero) is 1. The van der Waals surface area contributed by atoms with Crippen LogP contribution in [-0.4, -0.2) is 39.8 Å². The van der Waals surface area contributed by atoms with Crippen LogP contribution in [0.2, 0.25) is 0 Å². The van der Waals surface area contributed by atoms with Crippen molar-refractivity contribution < 1.29 is 24.9 Å². The molecule has 0 saturated carbocycles. The molecule has 0 spiro atoms. The number of hydrogen-bond donors (Lipinski definition) is 3. The lowest BCUT2D eigenvalue weighted by Gasteiger charge is -2.18. The summed E-state index contributed by atoms with van der Waals surface area (Å²) in [6, 6.07) is 5.24. The summed E-state index contributed by atoms with van der Waals surface area (Å²) in [5, 5.41) is 27.6. The van der Waals surface area contributed by atoms with Crippen molar-refractivity contribution >= 4 is 17.8 Å². The molecule has 0 aliphatic heterocycles. The highest BCUT2D eigenvalue weighted by molar-refractivity contribution is 5.96. The van der Waals surface area contributed by atoms with Gasteiger partial charge in [0.25, 0.3) is 0 Å². The summed E-state index contributed by atoms with van der Waals surface area (Å²) in [4.78, 5) is 23.1. The number of aliphatic hydroxyl groups excluding tert-OH is 2. The largest absolute Gasteiger partial charge is 0.478 e. The Morgan fingerprint density at radius 1 is 1.24 bits per heavy atom. The molecule has 5 nitrogen and oxygen atoms in total. The van der Waals surface area contributed by atoms with Gasteiger partial charge in [0.05, 0.1) is 12.7 Å². The van der Waals surface area contributed by atoms with E-state index in [4.69, 9.17) is 10.2 Å². The zero-order valence-corrected chi connectivity index (χ0v) is 14.9. The normalized spacial score (nSPS) is 13.8. The molecular weight excluding hydrogens is 320 g/mol. The van der Waals surface area contributed by atoms with E-state index < -0.39 is 12.1 Å². The van der Waals surface area contributed by atoms with Gasteiger partial charge < -0.3 is 15.3 Å². The topological polar surface area (TPSA) is 94.8 Å². The highest BCUT2D eigenvalue weighted by atomic mass is 16.4. The number of benzene rings is 1. The Morgan fingerprint density at radius 3 is 2.56 bits per heavy atom. The molecule has 0 aromatic heterocycles. The van der Waals surface area contributed by atoms with E-state index in [0.29, 0.717) is 24.0 Å². The number of ketones is 1. The molecule has 1 rings (SSSR count). The number of rotatable bonds is 11. The molecule has 25 heavy (non-hydrogen) atoms. The average Bonchev–Trinajstić information content (AvgIpc) is 2.59. The zero-order valence-electron chi connectivity index (χ0n) is 14.9. The Bertz CT molecular complexity index is 606. The molecule has 138 valence electrons. The lowest BCUT2D eigenvalue weighted by atomic mass is 9.88. The lowest BCUT2D eigenvalue weighted by Crippen LogP contribution is -2.16. The van der Waals surface area contributed by atoms with E-state index in [2.05, 4.69) is 6.92 Å². The lowest BCUT2D eigenvalue weighted by molar-refractivity contribution is -0.131. The summed E-state index contributed by atoms with van der Waals surface area (Å²) >= 11 is 0. The minimum Gasteiger partial charge on any atom is -0.478 e. The van der Waals surface area contributed by atoms with Crippen molar-refractivity contribution in [2.24, 2.45) is 0 Å². The van der Waals surface area contributed by atoms with Crippen LogP contribution in [0.15, 0.2) is 24.3 Å². The van der Waals surface area contributed by atoms with Crippen LogP contribution in [0.3, 0.4) is 0 Å². The minimum absolute atomic E-state index is 0.0679. The summed E-state index contributed by atoms with van der Waals surface area (Å²) in [6.45, 7) is 3.64. The Hall–Kier alpha value is -1.98. The smallest absolute Gasteiger partial charge is 0.328 e. The van der Waals surface area contributed by atoms with E-state index in [1.54, 1.807) is 18.2 Å². The minimum atomic E-state index is -1.05. The number of aliphatic hydroxyl groups is 2. The van der Waals surface area contributed by atoms with Crippen LogP contribution in [0.4, 0.5) is 0 Å². The summed E-state index contributed by atoms with van der Waals surface area (Å²) in [6.07, 6.45) is 5.43. The van der Waals surface area contributed by atoms with Gasteiger partial charge >= 0.3 is 5.97 Å². The van der Waals surface area contributed by atoms with Crippen LogP contribution in [0, 0.1) is 0 Å². The van der Waals surface area contributed by atoms with Crippen LogP contribution in [0.25, 0.3) is 6.08 Å². The second-order valence-electron chi connectivity index (χ2n) is 6.37. The fourth-order valence-electron chi connectivity index (χ4n) is 2.78. The number of carbonyl (C=O) groups excluding carboxylic acids is 1.